The number of carbonyl (C=O) groups excluding carboxylic acids is 1. The Bertz CT molecular complexity index is 396. The first-order chi connectivity index (χ1) is 8.11. The van der Waals surface area contributed by atoms with E-state index >= 15 is 0 Å². The minimum Gasteiger partial charge on any atom is -0.465 e. The Balaban J connectivity index is 2.68. The van der Waals surface area contributed by atoms with E-state index in [0.717, 1.165) is 5.56 Å². The van der Waals surface area contributed by atoms with Crippen LogP contribution in [0, 0.1) is 0 Å². The van der Waals surface area contributed by atoms with Gasteiger partial charge in [0.2, 0.25) is 0 Å². The predicted octanol–water partition coefficient (Wildman–Crippen LogP) is 1.98. The highest BCUT2D eigenvalue weighted by Crippen LogP contribution is 2.15. The average molecular weight is 236 g/mol. The number of hydrogen-bond donors (Lipinski definition) is 1. The van der Waals surface area contributed by atoms with Crippen molar-refractivity contribution in [1.82, 2.24) is 0 Å². The van der Waals surface area contributed by atoms with Gasteiger partial charge in [-0.25, -0.2) is 4.79 Å². The molecule has 0 heterocycles. The Morgan fingerprint density at radius 1 is 1.53 bits per heavy atom. The maximum atomic E-state index is 11.1. The first kappa shape index (κ1) is 13.3. The van der Waals surface area contributed by atoms with E-state index in [2.05, 4.69) is 0 Å². The summed E-state index contributed by atoms with van der Waals surface area (Å²) in [5.41, 5.74) is 0.802. The molecule has 4 heteroatoms. The lowest BCUT2D eigenvalue weighted by Gasteiger charge is -2.08. The third-order valence-electron chi connectivity index (χ3n) is 1.86. The molecule has 17 heavy (non-hydrogen) atoms. The van der Waals surface area contributed by atoms with E-state index in [9.17, 15) is 4.79 Å². The van der Waals surface area contributed by atoms with Crippen molar-refractivity contribution in [1.29, 1.82) is 0 Å². The molecule has 0 saturated heterocycles. The van der Waals surface area contributed by atoms with Crippen molar-refractivity contribution in [2.75, 3.05) is 6.61 Å². The Labute approximate surface area is 100 Å². The highest BCUT2D eigenvalue weighted by atomic mass is 16.6. The van der Waals surface area contributed by atoms with E-state index in [1.54, 1.807) is 31.2 Å². The van der Waals surface area contributed by atoms with Gasteiger partial charge in [0, 0.05) is 6.08 Å². The van der Waals surface area contributed by atoms with Gasteiger partial charge in [0.25, 0.3) is 0 Å². The molecule has 1 N–H and O–H groups in total. The van der Waals surface area contributed by atoms with Crippen LogP contribution in [0.25, 0.3) is 6.08 Å². The zero-order valence-corrected chi connectivity index (χ0v) is 9.92. The lowest BCUT2D eigenvalue weighted by atomic mass is 10.2. The number of hydrogen-bond acceptors (Lipinski definition) is 4. The Morgan fingerprint density at radius 3 is 2.94 bits per heavy atom. The van der Waals surface area contributed by atoms with Crippen LogP contribution in [0.3, 0.4) is 0 Å². The molecule has 0 aliphatic rings. The lowest BCUT2D eigenvalue weighted by molar-refractivity contribution is -0.137. The van der Waals surface area contributed by atoms with Gasteiger partial charge in [-0.2, -0.15) is 0 Å². The van der Waals surface area contributed by atoms with Gasteiger partial charge < -0.3 is 14.6 Å². The summed E-state index contributed by atoms with van der Waals surface area (Å²) in [6, 6.07) is 7.06. The van der Waals surface area contributed by atoms with E-state index in [1.165, 1.54) is 13.0 Å². The van der Waals surface area contributed by atoms with Gasteiger partial charge >= 0.3 is 5.97 Å². The van der Waals surface area contributed by atoms with Crippen LogP contribution in [0.2, 0.25) is 0 Å². The van der Waals surface area contributed by atoms with Crippen LogP contribution >= 0.6 is 0 Å². The molecule has 4 nitrogen and oxygen atoms in total. The molecule has 1 unspecified atom stereocenters. The van der Waals surface area contributed by atoms with Gasteiger partial charge in [0.05, 0.1) is 6.61 Å². The lowest BCUT2D eigenvalue weighted by Crippen LogP contribution is -2.09. The third kappa shape index (κ3) is 5.17. The highest BCUT2D eigenvalue weighted by Gasteiger charge is 1.99. The molecule has 1 rings (SSSR count). The molecule has 0 radical (unpaired) electrons. The van der Waals surface area contributed by atoms with Crippen LogP contribution in [0.15, 0.2) is 30.3 Å². The van der Waals surface area contributed by atoms with Crippen molar-refractivity contribution in [3.05, 3.63) is 35.9 Å². The van der Waals surface area contributed by atoms with Crippen molar-refractivity contribution in [3.63, 3.8) is 0 Å². The number of ether oxygens (including phenoxy) is 2. The largest absolute Gasteiger partial charge is 0.465 e. The van der Waals surface area contributed by atoms with Crippen LogP contribution in [0.1, 0.15) is 19.4 Å². The van der Waals surface area contributed by atoms with Gasteiger partial charge in [0.15, 0.2) is 6.29 Å². The fourth-order valence-corrected chi connectivity index (χ4v) is 1.24. The molecule has 1 aromatic carbocycles. The zero-order chi connectivity index (χ0) is 12.7. The van der Waals surface area contributed by atoms with E-state index in [-0.39, 0.29) is 5.97 Å². The van der Waals surface area contributed by atoms with Crippen molar-refractivity contribution < 1.29 is 19.4 Å². The first-order valence-electron chi connectivity index (χ1n) is 5.41. The van der Waals surface area contributed by atoms with E-state index in [4.69, 9.17) is 14.6 Å². The smallest absolute Gasteiger partial charge is 0.330 e. The summed E-state index contributed by atoms with van der Waals surface area (Å²) in [6.07, 6.45) is 2.12. The summed E-state index contributed by atoms with van der Waals surface area (Å²) in [5, 5.41) is 9.07. The van der Waals surface area contributed by atoms with Crippen LogP contribution < -0.4 is 4.74 Å². The summed E-state index contributed by atoms with van der Waals surface area (Å²) >= 11 is 0. The maximum absolute atomic E-state index is 11.1. The monoisotopic (exact) mass is 236 g/mol. The number of carbonyl (C=O) groups is 1. The van der Waals surface area contributed by atoms with Crippen LogP contribution in [-0.2, 0) is 9.53 Å². The fraction of sp³-hybridized carbons (Fsp3) is 0.308. The van der Waals surface area contributed by atoms with Gasteiger partial charge in [-0.05, 0) is 37.6 Å². The molecular weight excluding hydrogens is 220 g/mol. The standard InChI is InChI=1S/C13H16O4/c1-3-16-13(15)8-7-11-5-4-6-12(9-11)17-10(2)14/h4-10,14H,3H2,1-2H3/b8-7+. The van der Waals surface area contributed by atoms with Crippen molar-refractivity contribution in [3.8, 4) is 5.75 Å². The van der Waals surface area contributed by atoms with E-state index in [1.807, 2.05) is 6.07 Å². The van der Waals surface area contributed by atoms with Crippen LogP contribution in [0.4, 0.5) is 0 Å². The van der Waals surface area contributed by atoms with E-state index < -0.39 is 6.29 Å². The predicted molar refractivity (Wildman–Crippen MR) is 64.4 cm³/mol. The molecule has 0 fully saturated rings. The first-order valence-corrected chi connectivity index (χ1v) is 5.41. The molecule has 92 valence electrons. The van der Waals surface area contributed by atoms with Gasteiger partial charge in [-0.1, -0.05) is 12.1 Å². The van der Waals surface area contributed by atoms with Gasteiger partial charge in [-0.15, -0.1) is 0 Å². The number of aliphatic hydroxyl groups is 1. The summed E-state index contributed by atoms with van der Waals surface area (Å²) in [7, 11) is 0. The summed E-state index contributed by atoms with van der Waals surface area (Å²) in [4.78, 5) is 11.1. The Kier molecular flexibility index (Phi) is 5.23. The van der Waals surface area contributed by atoms with E-state index in [0.29, 0.717) is 12.4 Å². The van der Waals surface area contributed by atoms with Crippen LogP contribution in [-0.4, -0.2) is 24.0 Å². The molecule has 0 aromatic heterocycles. The SMILES string of the molecule is CCOC(=O)/C=C/c1cccc(OC(C)O)c1. The molecule has 0 aliphatic carbocycles. The fourth-order valence-electron chi connectivity index (χ4n) is 1.24. The van der Waals surface area contributed by atoms with Crippen molar-refractivity contribution in [2.24, 2.45) is 0 Å². The molecule has 0 saturated carbocycles. The zero-order valence-electron chi connectivity index (χ0n) is 9.92. The normalized spacial score (nSPS) is 12.4. The number of esters is 1. The average Bonchev–Trinajstić information content (AvgIpc) is 2.26. The van der Waals surface area contributed by atoms with Crippen molar-refractivity contribution >= 4 is 12.0 Å². The Hall–Kier alpha value is -1.81. The quantitative estimate of drug-likeness (QED) is 0.482. The third-order valence-corrected chi connectivity index (χ3v) is 1.86. The molecule has 1 aromatic rings. The summed E-state index contributed by atoms with van der Waals surface area (Å²) in [6.45, 7) is 3.64. The maximum Gasteiger partial charge on any atom is 0.330 e. The number of benzene rings is 1. The summed E-state index contributed by atoms with van der Waals surface area (Å²) in [5.74, 6) is 0.167. The highest BCUT2D eigenvalue weighted by molar-refractivity contribution is 5.87. The topological polar surface area (TPSA) is 55.8 Å². The second-order valence-electron chi connectivity index (χ2n) is 3.38. The molecular formula is C13H16O4. The molecule has 0 spiro atoms. The number of rotatable bonds is 5. The minimum atomic E-state index is -0.862. The molecule has 0 amide bonds. The van der Waals surface area contributed by atoms with Gasteiger partial charge in [-0.3, -0.25) is 0 Å². The minimum absolute atomic E-state index is 0.356. The van der Waals surface area contributed by atoms with Crippen molar-refractivity contribution in [2.45, 2.75) is 20.1 Å². The van der Waals surface area contributed by atoms with Gasteiger partial charge in [0.1, 0.15) is 5.75 Å². The Morgan fingerprint density at radius 2 is 2.29 bits per heavy atom. The second-order valence-corrected chi connectivity index (χ2v) is 3.38. The number of aliphatic hydroxyl groups excluding tert-OH is 1. The molecule has 1 atom stereocenters. The summed E-state index contributed by atoms with van der Waals surface area (Å²) < 4.78 is 9.88. The molecule has 0 aliphatic heterocycles. The molecule has 0 bridgehead atoms. The second kappa shape index (κ2) is 6.70. The van der Waals surface area contributed by atoms with Crippen LogP contribution in [0.5, 0.6) is 5.75 Å².